The first-order valence-electron chi connectivity index (χ1n) is 7.18. The molecule has 1 heterocycles. The normalized spacial score (nSPS) is 17.4. The number of hydrogen-bond acceptors (Lipinski definition) is 4. The summed E-state index contributed by atoms with van der Waals surface area (Å²) < 4.78 is 27.8. The van der Waals surface area contributed by atoms with E-state index in [0.29, 0.717) is 18.0 Å². The molecule has 2 rings (SSSR count). The molecule has 20 heavy (non-hydrogen) atoms. The van der Waals surface area contributed by atoms with Crippen molar-refractivity contribution in [1.29, 1.82) is 0 Å². The molecule has 0 aromatic carbocycles. The van der Waals surface area contributed by atoms with Gasteiger partial charge < -0.3 is 5.32 Å². The Labute approximate surface area is 120 Å². The molecule has 1 aliphatic carbocycles. The molecule has 0 aliphatic heterocycles. The molecule has 1 unspecified atom stereocenters. The minimum atomic E-state index is -3.55. The molecule has 1 saturated carbocycles. The van der Waals surface area contributed by atoms with Crippen molar-refractivity contribution in [3.05, 3.63) is 11.3 Å². The largest absolute Gasteiger partial charge is 0.316 e. The van der Waals surface area contributed by atoms with Crippen molar-refractivity contribution in [3.8, 4) is 0 Å². The zero-order valence-corrected chi connectivity index (χ0v) is 13.2. The number of hydrogen-bond donors (Lipinski definition) is 3. The van der Waals surface area contributed by atoms with Gasteiger partial charge in [-0.2, -0.15) is 5.10 Å². The van der Waals surface area contributed by atoms with E-state index in [9.17, 15) is 8.42 Å². The van der Waals surface area contributed by atoms with Crippen LogP contribution in [0.1, 0.15) is 43.9 Å². The van der Waals surface area contributed by atoms with E-state index in [2.05, 4.69) is 20.2 Å². The Morgan fingerprint density at radius 3 is 2.70 bits per heavy atom. The molecule has 114 valence electrons. The predicted octanol–water partition coefficient (Wildman–Crippen LogP) is 1.29. The van der Waals surface area contributed by atoms with Crippen LogP contribution < -0.4 is 10.0 Å². The fourth-order valence-corrected chi connectivity index (χ4v) is 3.90. The Bertz CT molecular complexity index is 549. The van der Waals surface area contributed by atoms with Gasteiger partial charge in [0.15, 0.2) is 5.03 Å². The molecule has 6 nitrogen and oxygen atoms in total. The third-order valence-electron chi connectivity index (χ3n) is 3.77. The molecule has 1 aliphatic rings. The summed E-state index contributed by atoms with van der Waals surface area (Å²) in [4.78, 5) is 0. The predicted molar refractivity (Wildman–Crippen MR) is 77.8 cm³/mol. The molecule has 7 heteroatoms. The Kier molecular flexibility index (Phi) is 4.82. The fraction of sp³-hybridized carbons (Fsp3) is 0.769. The van der Waals surface area contributed by atoms with Crippen LogP contribution in [0.25, 0.3) is 0 Å². The second-order valence-corrected chi connectivity index (χ2v) is 7.20. The Morgan fingerprint density at radius 2 is 2.15 bits per heavy atom. The summed E-state index contributed by atoms with van der Waals surface area (Å²) in [5, 5.41) is 9.84. The van der Waals surface area contributed by atoms with Crippen LogP contribution in [0.15, 0.2) is 5.03 Å². The summed E-state index contributed by atoms with van der Waals surface area (Å²) in [5.74, 6) is 0.695. The van der Waals surface area contributed by atoms with Gasteiger partial charge in [0.05, 0.1) is 0 Å². The maximum absolute atomic E-state index is 12.5. The fourth-order valence-electron chi connectivity index (χ4n) is 2.37. The molecule has 0 radical (unpaired) electrons. The quantitative estimate of drug-likeness (QED) is 0.675. The summed E-state index contributed by atoms with van der Waals surface area (Å²) in [6.07, 6.45) is 4.19. The second-order valence-electron chi connectivity index (χ2n) is 5.57. The molecule has 1 fully saturated rings. The van der Waals surface area contributed by atoms with Crippen molar-refractivity contribution in [3.63, 3.8) is 0 Å². The Hall–Kier alpha value is -0.920. The monoisotopic (exact) mass is 300 g/mol. The van der Waals surface area contributed by atoms with Crippen LogP contribution in [0.5, 0.6) is 0 Å². The SMILES string of the molecule is CCC(CC1CC1)NS(=O)(=O)c1n[nH]c(C)c1CNC. The van der Waals surface area contributed by atoms with Crippen LogP contribution >= 0.6 is 0 Å². The van der Waals surface area contributed by atoms with Crippen LogP contribution in [0.3, 0.4) is 0 Å². The van der Waals surface area contributed by atoms with Gasteiger partial charge >= 0.3 is 0 Å². The van der Waals surface area contributed by atoms with Gasteiger partial charge in [-0.05, 0) is 32.7 Å². The highest BCUT2D eigenvalue weighted by Gasteiger charge is 2.30. The first kappa shape index (κ1) is 15.5. The van der Waals surface area contributed by atoms with Crippen LogP contribution in [-0.2, 0) is 16.6 Å². The summed E-state index contributed by atoms with van der Waals surface area (Å²) in [7, 11) is -1.76. The zero-order valence-electron chi connectivity index (χ0n) is 12.4. The second kappa shape index (κ2) is 6.24. The van der Waals surface area contributed by atoms with Gasteiger partial charge in [0.1, 0.15) is 0 Å². The summed E-state index contributed by atoms with van der Waals surface area (Å²) in [6, 6.07) is 0.00643. The lowest BCUT2D eigenvalue weighted by Gasteiger charge is -2.16. The number of nitrogens with zero attached hydrogens (tertiary/aromatic N) is 1. The van der Waals surface area contributed by atoms with E-state index < -0.39 is 10.0 Å². The molecule has 1 atom stereocenters. The van der Waals surface area contributed by atoms with Crippen LogP contribution in [0.4, 0.5) is 0 Å². The summed E-state index contributed by atoms with van der Waals surface area (Å²) in [6.45, 7) is 4.33. The number of aromatic nitrogens is 2. The Balaban J connectivity index is 2.16. The van der Waals surface area contributed by atoms with Crippen molar-refractivity contribution in [2.75, 3.05) is 7.05 Å². The maximum Gasteiger partial charge on any atom is 0.260 e. The molecule has 1 aromatic rings. The molecule has 0 saturated heterocycles. The third kappa shape index (κ3) is 3.59. The highest BCUT2D eigenvalue weighted by atomic mass is 32.2. The van der Waals surface area contributed by atoms with Crippen molar-refractivity contribution in [1.82, 2.24) is 20.2 Å². The van der Waals surface area contributed by atoms with Gasteiger partial charge in [-0.15, -0.1) is 0 Å². The third-order valence-corrected chi connectivity index (χ3v) is 5.26. The van der Waals surface area contributed by atoms with E-state index in [0.717, 1.165) is 18.5 Å². The lowest BCUT2D eigenvalue weighted by molar-refractivity contribution is 0.493. The highest BCUT2D eigenvalue weighted by Crippen LogP contribution is 2.34. The van der Waals surface area contributed by atoms with E-state index in [4.69, 9.17) is 0 Å². The van der Waals surface area contributed by atoms with Crippen LogP contribution in [-0.4, -0.2) is 31.7 Å². The van der Waals surface area contributed by atoms with Crippen molar-refractivity contribution >= 4 is 10.0 Å². The molecule has 0 amide bonds. The molecule has 0 spiro atoms. The van der Waals surface area contributed by atoms with Gasteiger partial charge in [-0.3, -0.25) is 5.10 Å². The minimum absolute atomic E-state index is 0.00643. The number of aryl methyl sites for hydroxylation is 1. The number of nitrogens with one attached hydrogen (secondary N) is 3. The van der Waals surface area contributed by atoms with E-state index in [-0.39, 0.29) is 11.1 Å². The van der Waals surface area contributed by atoms with Gasteiger partial charge in [-0.25, -0.2) is 13.1 Å². The zero-order chi connectivity index (χ0) is 14.8. The van der Waals surface area contributed by atoms with Gasteiger partial charge in [0.25, 0.3) is 10.0 Å². The highest BCUT2D eigenvalue weighted by molar-refractivity contribution is 7.89. The van der Waals surface area contributed by atoms with Gasteiger partial charge in [-0.1, -0.05) is 19.8 Å². The smallest absolute Gasteiger partial charge is 0.260 e. The topological polar surface area (TPSA) is 86.9 Å². The van der Waals surface area contributed by atoms with Crippen molar-refractivity contribution in [2.45, 2.75) is 57.1 Å². The van der Waals surface area contributed by atoms with Crippen LogP contribution in [0, 0.1) is 12.8 Å². The van der Waals surface area contributed by atoms with E-state index in [1.165, 1.54) is 12.8 Å². The van der Waals surface area contributed by atoms with Crippen LogP contribution in [0.2, 0.25) is 0 Å². The number of rotatable bonds is 8. The molecular weight excluding hydrogens is 276 g/mol. The van der Waals surface area contributed by atoms with Gasteiger partial charge in [0, 0.05) is 23.8 Å². The minimum Gasteiger partial charge on any atom is -0.316 e. The van der Waals surface area contributed by atoms with Crippen molar-refractivity contribution < 1.29 is 8.42 Å². The van der Waals surface area contributed by atoms with E-state index >= 15 is 0 Å². The van der Waals surface area contributed by atoms with E-state index in [1.54, 1.807) is 7.05 Å². The average molecular weight is 300 g/mol. The number of aromatic amines is 1. The van der Waals surface area contributed by atoms with E-state index in [1.807, 2.05) is 13.8 Å². The summed E-state index contributed by atoms with van der Waals surface area (Å²) >= 11 is 0. The molecule has 1 aromatic heterocycles. The lowest BCUT2D eigenvalue weighted by atomic mass is 10.1. The first-order chi connectivity index (χ1) is 9.47. The summed E-state index contributed by atoms with van der Waals surface area (Å²) in [5.41, 5.74) is 1.50. The van der Waals surface area contributed by atoms with Gasteiger partial charge in [0.2, 0.25) is 0 Å². The lowest BCUT2D eigenvalue weighted by Crippen LogP contribution is -2.35. The molecule has 0 bridgehead atoms. The number of H-pyrrole nitrogens is 1. The molecular formula is C13H24N4O2S. The number of sulfonamides is 1. The molecule has 3 N–H and O–H groups in total. The maximum atomic E-state index is 12.5. The average Bonchev–Trinajstić information content (AvgIpc) is 3.13. The standard InChI is InChI=1S/C13H24N4O2S/c1-4-11(7-10-5-6-10)17-20(18,19)13-12(8-14-3)9(2)15-16-13/h10-11,14,17H,4-8H2,1-3H3,(H,15,16). The Morgan fingerprint density at radius 1 is 1.45 bits per heavy atom. The van der Waals surface area contributed by atoms with Crippen molar-refractivity contribution in [2.24, 2.45) is 5.92 Å². The first-order valence-corrected chi connectivity index (χ1v) is 8.67.